The number of morpholine rings is 1. The Labute approximate surface area is 123 Å². The Morgan fingerprint density at radius 3 is 2.52 bits per heavy atom. The highest BCUT2D eigenvalue weighted by Gasteiger charge is 2.22. The fraction of sp³-hybridized carbons (Fsp3) is 0.667. The molecule has 1 aliphatic rings. The van der Waals surface area contributed by atoms with Crippen molar-refractivity contribution in [2.45, 2.75) is 19.9 Å². The van der Waals surface area contributed by atoms with Crippen molar-refractivity contribution in [3.8, 4) is 0 Å². The van der Waals surface area contributed by atoms with Crippen LogP contribution in [0.3, 0.4) is 0 Å². The molecule has 116 valence electrons. The molecule has 0 aromatic carbocycles. The van der Waals surface area contributed by atoms with Crippen LogP contribution in [0.25, 0.3) is 0 Å². The zero-order valence-electron chi connectivity index (χ0n) is 12.2. The predicted octanol–water partition coefficient (Wildman–Crippen LogP) is -0.788. The van der Waals surface area contributed by atoms with Gasteiger partial charge in [-0.3, -0.25) is 4.79 Å². The molecule has 21 heavy (non-hydrogen) atoms. The van der Waals surface area contributed by atoms with Gasteiger partial charge >= 0.3 is 0 Å². The minimum atomic E-state index is -0.565. The fourth-order valence-corrected chi connectivity index (χ4v) is 2.06. The summed E-state index contributed by atoms with van der Waals surface area (Å²) in [7, 11) is 0. The number of amides is 1. The molecular weight excluding hydrogens is 274 g/mol. The van der Waals surface area contributed by atoms with Gasteiger partial charge < -0.3 is 26.4 Å². The summed E-state index contributed by atoms with van der Waals surface area (Å²) in [4.78, 5) is 25.9. The van der Waals surface area contributed by atoms with Crippen molar-refractivity contribution in [3.05, 3.63) is 0 Å². The van der Waals surface area contributed by atoms with E-state index in [0.29, 0.717) is 32.3 Å². The second-order valence-electron chi connectivity index (χ2n) is 5.19. The normalized spacial score (nSPS) is 16.8. The van der Waals surface area contributed by atoms with Crippen LogP contribution in [0.15, 0.2) is 0 Å². The zero-order chi connectivity index (χ0) is 15.4. The van der Waals surface area contributed by atoms with Gasteiger partial charge in [-0.15, -0.1) is 0 Å². The summed E-state index contributed by atoms with van der Waals surface area (Å²) in [5.41, 5.74) is 11.1. The second-order valence-corrected chi connectivity index (χ2v) is 5.19. The number of nitrogens with zero attached hydrogens (tertiary/aromatic N) is 4. The number of hydrogen-bond acceptors (Lipinski definition) is 8. The van der Waals surface area contributed by atoms with Crippen LogP contribution in [0.4, 0.5) is 17.8 Å². The topological polar surface area (TPSA) is 132 Å². The van der Waals surface area contributed by atoms with Crippen LogP contribution in [0, 0.1) is 5.92 Å². The smallest absolute Gasteiger partial charge is 0.240 e. The van der Waals surface area contributed by atoms with Crippen LogP contribution in [0.1, 0.15) is 13.8 Å². The number of ether oxygens (including phenoxy) is 1. The first kappa shape index (κ1) is 15.2. The van der Waals surface area contributed by atoms with Crippen LogP contribution >= 0.6 is 0 Å². The number of nitrogen functional groups attached to an aromatic ring is 1. The van der Waals surface area contributed by atoms with Crippen molar-refractivity contribution in [2.75, 3.05) is 42.3 Å². The van der Waals surface area contributed by atoms with E-state index < -0.39 is 11.9 Å². The van der Waals surface area contributed by atoms with Crippen molar-refractivity contribution in [1.29, 1.82) is 0 Å². The summed E-state index contributed by atoms with van der Waals surface area (Å²) < 4.78 is 5.29. The summed E-state index contributed by atoms with van der Waals surface area (Å²) in [6.45, 7) is 6.37. The standard InChI is InChI=1S/C12H21N7O2/c1-7(2)8(9(13)20)15-11-16-10(14)17-12(18-11)19-3-5-21-6-4-19/h7-8H,3-6H2,1-2H3,(H2,13,20)(H3,14,15,16,17,18). The van der Waals surface area contributed by atoms with E-state index in [4.69, 9.17) is 16.2 Å². The molecular formula is C12H21N7O2. The van der Waals surface area contributed by atoms with E-state index in [1.807, 2.05) is 18.7 Å². The van der Waals surface area contributed by atoms with Gasteiger partial charge in [0.1, 0.15) is 6.04 Å². The first-order valence-corrected chi connectivity index (χ1v) is 6.87. The number of carbonyl (C=O) groups excluding carboxylic acids is 1. The van der Waals surface area contributed by atoms with E-state index in [1.54, 1.807) is 0 Å². The average molecular weight is 295 g/mol. The minimum Gasteiger partial charge on any atom is -0.378 e. The van der Waals surface area contributed by atoms with Crippen LogP contribution in [-0.4, -0.2) is 53.2 Å². The number of nitrogens with two attached hydrogens (primary N) is 2. The molecule has 2 heterocycles. The molecule has 1 aromatic rings. The lowest BCUT2D eigenvalue weighted by molar-refractivity contribution is -0.119. The molecule has 0 bridgehead atoms. The van der Waals surface area contributed by atoms with Gasteiger partial charge in [0, 0.05) is 13.1 Å². The van der Waals surface area contributed by atoms with Gasteiger partial charge in [-0.1, -0.05) is 13.8 Å². The quantitative estimate of drug-likeness (QED) is 0.644. The lowest BCUT2D eigenvalue weighted by atomic mass is 10.0. The van der Waals surface area contributed by atoms with Crippen LogP contribution in [0.2, 0.25) is 0 Å². The molecule has 2 rings (SSSR count). The predicted molar refractivity (Wildman–Crippen MR) is 78.7 cm³/mol. The molecule has 1 aromatic heterocycles. The Morgan fingerprint density at radius 2 is 1.95 bits per heavy atom. The molecule has 9 nitrogen and oxygen atoms in total. The molecule has 5 N–H and O–H groups in total. The maximum absolute atomic E-state index is 11.4. The SMILES string of the molecule is CC(C)C(Nc1nc(N)nc(N2CCOCC2)n1)C(N)=O. The van der Waals surface area contributed by atoms with E-state index in [1.165, 1.54) is 0 Å². The van der Waals surface area contributed by atoms with E-state index in [2.05, 4.69) is 20.3 Å². The molecule has 1 saturated heterocycles. The first-order chi connectivity index (χ1) is 9.97. The van der Waals surface area contributed by atoms with Crippen molar-refractivity contribution < 1.29 is 9.53 Å². The van der Waals surface area contributed by atoms with Gasteiger partial charge in [0.25, 0.3) is 0 Å². The van der Waals surface area contributed by atoms with Crippen molar-refractivity contribution in [2.24, 2.45) is 11.7 Å². The Hall–Kier alpha value is -2.16. The average Bonchev–Trinajstić information content (AvgIpc) is 2.44. The Balaban J connectivity index is 2.19. The highest BCUT2D eigenvalue weighted by atomic mass is 16.5. The lowest BCUT2D eigenvalue weighted by Crippen LogP contribution is -2.41. The van der Waals surface area contributed by atoms with E-state index >= 15 is 0 Å². The number of rotatable bonds is 5. The molecule has 9 heteroatoms. The van der Waals surface area contributed by atoms with Gasteiger partial charge in [0.2, 0.25) is 23.8 Å². The van der Waals surface area contributed by atoms with Crippen molar-refractivity contribution in [1.82, 2.24) is 15.0 Å². The second kappa shape index (κ2) is 6.53. The summed E-state index contributed by atoms with van der Waals surface area (Å²) in [6.07, 6.45) is 0. The van der Waals surface area contributed by atoms with Gasteiger partial charge in [0.15, 0.2) is 0 Å². The van der Waals surface area contributed by atoms with E-state index in [-0.39, 0.29) is 17.8 Å². The third-order valence-corrected chi connectivity index (χ3v) is 3.19. The molecule has 0 aliphatic carbocycles. The van der Waals surface area contributed by atoms with Gasteiger partial charge in [0.05, 0.1) is 13.2 Å². The monoisotopic (exact) mass is 295 g/mol. The van der Waals surface area contributed by atoms with Crippen molar-refractivity contribution in [3.63, 3.8) is 0 Å². The summed E-state index contributed by atoms with van der Waals surface area (Å²) >= 11 is 0. The van der Waals surface area contributed by atoms with Crippen LogP contribution < -0.4 is 21.7 Å². The van der Waals surface area contributed by atoms with E-state index in [0.717, 1.165) is 0 Å². The summed E-state index contributed by atoms with van der Waals surface area (Å²) in [5, 5.41) is 2.92. The molecule has 1 aliphatic heterocycles. The lowest BCUT2D eigenvalue weighted by Gasteiger charge is -2.27. The number of primary amides is 1. The van der Waals surface area contributed by atoms with E-state index in [9.17, 15) is 4.79 Å². The number of hydrogen-bond donors (Lipinski definition) is 3. The highest BCUT2D eigenvalue weighted by Crippen LogP contribution is 2.15. The third kappa shape index (κ3) is 3.91. The molecule has 0 spiro atoms. The van der Waals surface area contributed by atoms with Crippen LogP contribution in [-0.2, 0) is 9.53 Å². The molecule has 1 unspecified atom stereocenters. The number of carbonyl (C=O) groups is 1. The molecule has 1 amide bonds. The first-order valence-electron chi connectivity index (χ1n) is 6.87. The minimum absolute atomic E-state index is 0.00678. The Bertz CT molecular complexity index is 502. The third-order valence-electron chi connectivity index (χ3n) is 3.19. The summed E-state index contributed by atoms with van der Waals surface area (Å²) in [6, 6.07) is -0.565. The van der Waals surface area contributed by atoms with Gasteiger partial charge in [-0.05, 0) is 5.92 Å². The van der Waals surface area contributed by atoms with Gasteiger partial charge in [-0.2, -0.15) is 15.0 Å². The Kier molecular flexibility index (Phi) is 4.73. The number of nitrogens with one attached hydrogen (secondary N) is 1. The highest BCUT2D eigenvalue weighted by molar-refractivity contribution is 5.82. The molecule has 0 saturated carbocycles. The van der Waals surface area contributed by atoms with Gasteiger partial charge in [-0.25, -0.2) is 0 Å². The zero-order valence-corrected chi connectivity index (χ0v) is 12.2. The van der Waals surface area contributed by atoms with Crippen LogP contribution in [0.5, 0.6) is 0 Å². The maximum atomic E-state index is 11.4. The Morgan fingerprint density at radius 1 is 1.29 bits per heavy atom. The molecule has 1 atom stereocenters. The fourth-order valence-electron chi connectivity index (χ4n) is 2.06. The summed E-state index contributed by atoms with van der Waals surface area (Å²) in [5.74, 6) is 0.368. The maximum Gasteiger partial charge on any atom is 0.240 e. The van der Waals surface area contributed by atoms with Crippen molar-refractivity contribution >= 4 is 23.8 Å². The largest absolute Gasteiger partial charge is 0.378 e. The number of aromatic nitrogens is 3. The number of anilines is 3. The molecule has 1 fully saturated rings. The molecule has 0 radical (unpaired) electrons.